The quantitative estimate of drug-likeness (QED) is 0.448. The van der Waals surface area contributed by atoms with Crippen molar-refractivity contribution in [1.82, 2.24) is 15.5 Å². The summed E-state index contributed by atoms with van der Waals surface area (Å²) in [6.07, 6.45) is 1.54. The fourth-order valence-electron chi connectivity index (χ4n) is 2.02. The summed E-state index contributed by atoms with van der Waals surface area (Å²) in [5, 5.41) is 11.5. The molecule has 0 aliphatic carbocycles. The molecule has 0 fully saturated rings. The average molecular weight is 301 g/mol. The van der Waals surface area contributed by atoms with E-state index in [4.69, 9.17) is 9.15 Å². The molecular weight excluding hydrogens is 278 g/mol. The van der Waals surface area contributed by atoms with Crippen molar-refractivity contribution in [1.29, 1.82) is 0 Å². The summed E-state index contributed by atoms with van der Waals surface area (Å²) in [7, 11) is 1.42. The van der Waals surface area contributed by atoms with Crippen LogP contribution in [0.4, 0.5) is 0 Å². The summed E-state index contributed by atoms with van der Waals surface area (Å²) in [4.78, 5) is 11.9. The normalized spacial score (nSPS) is 14.3. The van der Waals surface area contributed by atoms with Gasteiger partial charge < -0.3 is 9.15 Å². The molecule has 0 saturated carbocycles. The zero-order chi connectivity index (χ0) is 15.2. The molecule has 0 spiro atoms. The highest BCUT2D eigenvalue weighted by Gasteiger charge is 2.34. The van der Waals surface area contributed by atoms with Crippen molar-refractivity contribution >= 4 is 17.7 Å². The van der Waals surface area contributed by atoms with Gasteiger partial charge in [-0.1, -0.05) is 11.8 Å². The van der Waals surface area contributed by atoms with Crippen LogP contribution in [0.2, 0.25) is 0 Å². The first-order valence-electron chi connectivity index (χ1n) is 6.66. The molecule has 1 unspecified atom stereocenters. The Hall–Kier alpha value is -1.08. The highest BCUT2D eigenvalue weighted by atomic mass is 32.2. The minimum absolute atomic E-state index is 0.213. The molecule has 1 aromatic rings. The smallest absolute Gasteiger partial charge is 0.325 e. The molecule has 6 nitrogen and oxygen atoms in total. The molecule has 0 radical (unpaired) electrons. The summed E-state index contributed by atoms with van der Waals surface area (Å²) >= 11 is 1.50. The number of ether oxygens (including phenoxy) is 1. The van der Waals surface area contributed by atoms with Gasteiger partial charge in [-0.3, -0.25) is 10.1 Å². The van der Waals surface area contributed by atoms with Gasteiger partial charge in [0.1, 0.15) is 5.54 Å². The van der Waals surface area contributed by atoms with E-state index in [0.29, 0.717) is 17.5 Å². The van der Waals surface area contributed by atoms with Crippen LogP contribution in [-0.4, -0.2) is 40.6 Å². The average Bonchev–Trinajstić information content (AvgIpc) is 2.78. The number of nitrogens with zero attached hydrogens (tertiary/aromatic N) is 2. The molecule has 0 aromatic carbocycles. The SMILES string of the molecule is COC(=O)C(C)(CCCSc1nnc(C)o1)NC(C)C. The maximum absolute atomic E-state index is 11.9. The summed E-state index contributed by atoms with van der Waals surface area (Å²) in [6.45, 7) is 7.66. The van der Waals surface area contributed by atoms with E-state index in [1.54, 1.807) is 6.92 Å². The molecule has 1 N–H and O–H groups in total. The summed E-state index contributed by atoms with van der Waals surface area (Å²) in [6, 6.07) is 0.213. The topological polar surface area (TPSA) is 77.2 Å². The number of thioether (sulfide) groups is 1. The lowest BCUT2D eigenvalue weighted by Gasteiger charge is -2.30. The first-order chi connectivity index (χ1) is 9.37. The Bertz CT molecular complexity index is 436. The third-order valence-electron chi connectivity index (χ3n) is 2.80. The summed E-state index contributed by atoms with van der Waals surface area (Å²) in [5.74, 6) is 1.15. The molecule has 1 heterocycles. The largest absolute Gasteiger partial charge is 0.468 e. The highest BCUT2D eigenvalue weighted by Crippen LogP contribution is 2.21. The summed E-state index contributed by atoms with van der Waals surface area (Å²) < 4.78 is 10.2. The monoisotopic (exact) mass is 301 g/mol. The fourth-order valence-corrected chi connectivity index (χ4v) is 2.76. The Kier molecular flexibility index (Phi) is 6.48. The predicted octanol–water partition coefficient (Wildman–Crippen LogP) is 2.18. The van der Waals surface area contributed by atoms with Crippen LogP contribution in [0.15, 0.2) is 9.64 Å². The molecule has 0 aliphatic rings. The van der Waals surface area contributed by atoms with Gasteiger partial charge in [-0.05, 0) is 33.6 Å². The molecule has 1 rings (SSSR count). The molecule has 0 bridgehead atoms. The second kappa shape index (κ2) is 7.64. The molecular formula is C13H23N3O3S. The van der Waals surface area contributed by atoms with Crippen LogP contribution in [0, 0.1) is 6.92 Å². The van der Waals surface area contributed by atoms with Gasteiger partial charge in [0.25, 0.3) is 5.22 Å². The minimum atomic E-state index is -0.658. The maximum atomic E-state index is 11.9. The van der Waals surface area contributed by atoms with Gasteiger partial charge in [-0.2, -0.15) is 0 Å². The first kappa shape index (κ1) is 17.0. The van der Waals surface area contributed by atoms with Crippen LogP contribution in [0.1, 0.15) is 39.5 Å². The van der Waals surface area contributed by atoms with Crippen LogP contribution in [0.3, 0.4) is 0 Å². The first-order valence-corrected chi connectivity index (χ1v) is 7.65. The molecule has 1 aromatic heterocycles. The van der Waals surface area contributed by atoms with Crippen molar-refractivity contribution in [2.24, 2.45) is 0 Å². The number of carbonyl (C=O) groups is 1. The predicted molar refractivity (Wildman–Crippen MR) is 77.7 cm³/mol. The van der Waals surface area contributed by atoms with Crippen molar-refractivity contribution in [2.45, 2.75) is 57.3 Å². The van der Waals surface area contributed by atoms with Crippen molar-refractivity contribution < 1.29 is 13.9 Å². The van der Waals surface area contributed by atoms with Crippen LogP contribution in [0.25, 0.3) is 0 Å². The standard InChI is InChI=1S/C13H23N3O3S/c1-9(2)14-13(4,11(17)18-5)7-6-8-20-12-16-15-10(3)19-12/h9,14H,6-8H2,1-5H3. The lowest BCUT2D eigenvalue weighted by molar-refractivity contribution is -0.148. The van der Waals surface area contributed by atoms with Gasteiger partial charge in [0, 0.05) is 18.7 Å². The van der Waals surface area contributed by atoms with Gasteiger partial charge in [0.15, 0.2) is 0 Å². The number of esters is 1. The zero-order valence-electron chi connectivity index (χ0n) is 12.7. The molecule has 20 heavy (non-hydrogen) atoms. The zero-order valence-corrected chi connectivity index (χ0v) is 13.5. The third kappa shape index (κ3) is 5.13. The lowest BCUT2D eigenvalue weighted by Crippen LogP contribution is -2.53. The Morgan fingerprint density at radius 1 is 1.50 bits per heavy atom. The van der Waals surface area contributed by atoms with Crippen molar-refractivity contribution in [3.05, 3.63) is 5.89 Å². The number of methoxy groups -OCH3 is 1. The Morgan fingerprint density at radius 3 is 2.70 bits per heavy atom. The number of rotatable bonds is 8. The van der Waals surface area contributed by atoms with Crippen molar-refractivity contribution in [3.8, 4) is 0 Å². The van der Waals surface area contributed by atoms with E-state index in [1.165, 1.54) is 18.9 Å². The van der Waals surface area contributed by atoms with Crippen molar-refractivity contribution in [2.75, 3.05) is 12.9 Å². The number of aromatic nitrogens is 2. The highest BCUT2D eigenvalue weighted by molar-refractivity contribution is 7.99. The van der Waals surface area contributed by atoms with E-state index >= 15 is 0 Å². The van der Waals surface area contributed by atoms with Gasteiger partial charge in [0.05, 0.1) is 7.11 Å². The van der Waals surface area contributed by atoms with Crippen LogP contribution in [0.5, 0.6) is 0 Å². The molecule has 0 amide bonds. The van der Waals surface area contributed by atoms with Gasteiger partial charge in [-0.15, -0.1) is 10.2 Å². The van der Waals surface area contributed by atoms with Gasteiger partial charge in [0.2, 0.25) is 5.89 Å². The second-order valence-corrected chi connectivity index (χ2v) is 6.21. The Morgan fingerprint density at radius 2 is 2.20 bits per heavy atom. The van der Waals surface area contributed by atoms with E-state index in [9.17, 15) is 4.79 Å². The molecule has 0 aliphatic heterocycles. The summed E-state index contributed by atoms with van der Waals surface area (Å²) in [5.41, 5.74) is -0.658. The number of nitrogens with one attached hydrogen (secondary N) is 1. The van der Waals surface area contributed by atoms with Crippen molar-refractivity contribution in [3.63, 3.8) is 0 Å². The molecule has 114 valence electrons. The lowest BCUT2D eigenvalue weighted by atomic mass is 9.95. The van der Waals surface area contributed by atoms with E-state index < -0.39 is 5.54 Å². The number of carbonyl (C=O) groups excluding carboxylic acids is 1. The number of hydrogen-bond acceptors (Lipinski definition) is 7. The van der Waals surface area contributed by atoms with Gasteiger partial charge in [-0.25, -0.2) is 0 Å². The Labute approximate surface area is 124 Å². The van der Waals surface area contributed by atoms with Crippen LogP contribution in [-0.2, 0) is 9.53 Å². The van der Waals surface area contributed by atoms with Crippen LogP contribution >= 0.6 is 11.8 Å². The van der Waals surface area contributed by atoms with E-state index in [0.717, 1.165) is 12.2 Å². The van der Waals surface area contributed by atoms with E-state index in [-0.39, 0.29) is 12.0 Å². The fraction of sp³-hybridized carbons (Fsp3) is 0.769. The third-order valence-corrected chi connectivity index (χ3v) is 3.70. The van der Waals surface area contributed by atoms with E-state index in [1.807, 2.05) is 20.8 Å². The van der Waals surface area contributed by atoms with E-state index in [2.05, 4.69) is 15.5 Å². The number of hydrogen-bond donors (Lipinski definition) is 1. The number of aryl methyl sites for hydroxylation is 1. The minimum Gasteiger partial charge on any atom is -0.468 e. The van der Waals surface area contributed by atoms with Crippen LogP contribution < -0.4 is 5.32 Å². The molecule has 0 saturated heterocycles. The molecule has 7 heteroatoms. The Balaban J connectivity index is 2.44. The van der Waals surface area contributed by atoms with Gasteiger partial charge >= 0.3 is 5.97 Å². The maximum Gasteiger partial charge on any atom is 0.325 e. The molecule has 1 atom stereocenters. The second-order valence-electron chi connectivity index (χ2n) is 5.16.